The van der Waals surface area contributed by atoms with Gasteiger partial charge < -0.3 is 0 Å². The number of rotatable bonds is 1. The average Bonchev–Trinajstić information content (AvgIpc) is 1.90. The monoisotopic (exact) mass is 108 g/mol. The van der Waals surface area contributed by atoms with E-state index >= 15 is 0 Å². The number of nitroso groups, excluding NO2 is 1. The van der Waals surface area contributed by atoms with Gasteiger partial charge in [-0.05, 0) is 17.3 Å². The fraction of sp³-hybridized carbons (Fsp3) is 0. The van der Waals surface area contributed by atoms with Crippen molar-refractivity contribution in [2.75, 3.05) is 0 Å². The highest BCUT2D eigenvalue weighted by Gasteiger charge is 1.82. The molecule has 0 aliphatic rings. The highest BCUT2D eigenvalue weighted by atomic mass is 16.3. The Hall–Kier alpha value is -1.25. The molecule has 0 aliphatic carbocycles. The molecule has 1 aromatic rings. The number of pyridine rings is 1. The number of aromatic nitrogens is 1. The number of hydrogen-bond acceptors (Lipinski definition) is 3. The first kappa shape index (κ1) is 4.90. The molecule has 0 saturated carbocycles. The van der Waals surface area contributed by atoms with Crippen LogP contribution in [0.1, 0.15) is 0 Å². The van der Waals surface area contributed by atoms with Gasteiger partial charge in [-0.2, -0.15) is 0 Å². The molecule has 1 rings (SSSR count). The van der Waals surface area contributed by atoms with Crippen LogP contribution in [-0.2, 0) is 0 Å². The maximum Gasteiger partial charge on any atom is 0.111 e. The lowest BCUT2D eigenvalue weighted by atomic mass is 10.4. The Balaban J connectivity index is 2.99. The van der Waals surface area contributed by atoms with Gasteiger partial charge in [0.05, 0.1) is 0 Å². The minimum atomic E-state index is 0.417. The summed E-state index contributed by atoms with van der Waals surface area (Å²) in [4.78, 5) is 13.4. The van der Waals surface area contributed by atoms with Gasteiger partial charge in [0.15, 0.2) is 0 Å². The van der Waals surface area contributed by atoms with E-state index in [0.29, 0.717) is 5.69 Å². The van der Waals surface area contributed by atoms with Crippen LogP contribution in [0.3, 0.4) is 0 Å². The van der Waals surface area contributed by atoms with Crippen LogP contribution >= 0.6 is 0 Å². The van der Waals surface area contributed by atoms with Gasteiger partial charge in [-0.25, -0.2) is 0 Å². The summed E-state index contributed by atoms with van der Waals surface area (Å²) in [6, 6.07) is 3.10. The fourth-order valence-electron chi connectivity index (χ4n) is 0.405. The average molecular weight is 108 g/mol. The largest absolute Gasteiger partial charge is 0.265 e. The van der Waals surface area contributed by atoms with Crippen molar-refractivity contribution in [1.82, 2.24) is 4.98 Å². The van der Waals surface area contributed by atoms with Gasteiger partial charge in [-0.15, -0.1) is 4.91 Å². The van der Waals surface area contributed by atoms with Crippen LogP contribution in [0.2, 0.25) is 0 Å². The second kappa shape index (κ2) is 2.16. The minimum absolute atomic E-state index is 0.417. The van der Waals surface area contributed by atoms with Crippen molar-refractivity contribution in [3.63, 3.8) is 0 Å². The van der Waals surface area contributed by atoms with Crippen molar-refractivity contribution >= 4 is 5.69 Å². The SMILES string of the molecule is O=Nc1ccncc1. The summed E-state index contributed by atoms with van der Waals surface area (Å²) in [5, 5.41) is 2.68. The predicted molar refractivity (Wildman–Crippen MR) is 29.7 cm³/mol. The Kier molecular flexibility index (Phi) is 1.32. The summed E-state index contributed by atoms with van der Waals surface area (Å²) in [6.45, 7) is 0. The van der Waals surface area contributed by atoms with E-state index in [0.717, 1.165) is 0 Å². The summed E-state index contributed by atoms with van der Waals surface area (Å²) in [6.07, 6.45) is 3.05. The zero-order chi connectivity index (χ0) is 5.82. The van der Waals surface area contributed by atoms with E-state index in [2.05, 4.69) is 10.2 Å². The lowest BCUT2D eigenvalue weighted by molar-refractivity contribution is 1.31. The van der Waals surface area contributed by atoms with Gasteiger partial charge in [-0.1, -0.05) is 0 Å². The van der Waals surface area contributed by atoms with E-state index in [9.17, 15) is 4.91 Å². The molecule has 0 atom stereocenters. The summed E-state index contributed by atoms with van der Waals surface area (Å²) >= 11 is 0. The van der Waals surface area contributed by atoms with Gasteiger partial charge >= 0.3 is 0 Å². The molecule has 0 spiro atoms. The summed E-state index contributed by atoms with van der Waals surface area (Å²) < 4.78 is 0. The molecule has 0 unspecified atom stereocenters. The molecule has 0 aliphatic heterocycles. The Bertz CT molecular complexity index is 173. The molecular weight excluding hydrogens is 104 g/mol. The molecule has 0 amide bonds. The second-order valence-corrected chi connectivity index (χ2v) is 1.30. The van der Waals surface area contributed by atoms with Crippen molar-refractivity contribution in [1.29, 1.82) is 0 Å². The lowest BCUT2D eigenvalue weighted by Gasteiger charge is -1.80. The van der Waals surface area contributed by atoms with E-state index in [1.165, 1.54) is 12.4 Å². The normalized spacial score (nSPS) is 8.50. The summed E-state index contributed by atoms with van der Waals surface area (Å²) in [5.41, 5.74) is 0.417. The standard InChI is InChI=1S/C5H4N2O/c8-7-5-1-3-6-4-2-5/h1-4H. The Labute approximate surface area is 46.3 Å². The quantitative estimate of drug-likeness (QED) is 0.511. The zero-order valence-corrected chi connectivity index (χ0v) is 4.11. The second-order valence-electron chi connectivity index (χ2n) is 1.30. The van der Waals surface area contributed by atoms with Gasteiger partial charge in [0.2, 0.25) is 0 Å². The lowest BCUT2D eigenvalue weighted by Crippen LogP contribution is -1.63. The molecule has 0 saturated heterocycles. The molecule has 0 fully saturated rings. The minimum Gasteiger partial charge on any atom is -0.265 e. The van der Waals surface area contributed by atoms with Crippen molar-refractivity contribution in [2.45, 2.75) is 0 Å². The van der Waals surface area contributed by atoms with Crippen LogP contribution in [0.15, 0.2) is 29.7 Å². The number of hydrogen-bond donors (Lipinski definition) is 0. The van der Waals surface area contributed by atoms with E-state index in [1.807, 2.05) is 0 Å². The van der Waals surface area contributed by atoms with Crippen LogP contribution in [0.25, 0.3) is 0 Å². The molecule has 1 aromatic heterocycles. The molecule has 3 nitrogen and oxygen atoms in total. The first-order valence-electron chi connectivity index (χ1n) is 2.17. The molecular formula is C5H4N2O. The first-order valence-corrected chi connectivity index (χ1v) is 2.17. The fourth-order valence-corrected chi connectivity index (χ4v) is 0.405. The molecule has 3 heteroatoms. The van der Waals surface area contributed by atoms with Crippen molar-refractivity contribution in [3.05, 3.63) is 29.4 Å². The predicted octanol–water partition coefficient (Wildman–Crippen LogP) is 1.48. The van der Waals surface area contributed by atoms with E-state index < -0.39 is 0 Å². The van der Waals surface area contributed by atoms with Gasteiger partial charge in [0, 0.05) is 12.4 Å². The van der Waals surface area contributed by atoms with Gasteiger partial charge in [-0.3, -0.25) is 4.98 Å². The van der Waals surface area contributed by atoms with E-state index in [-0.39, 0.29) is 0 Å². The van der Waals surface area contributed by atoms with Gasteiger partial charge in [0.1, 0.15) is 5.69 Å². The third kappa shape index (κ3) is 0.872. The highest BCUT2D eigenvalue weighted by Crippen LogP contribution is 2.05. The molecule has 40 valence electrons. The third-order valence-corrected chi connectivity index (χ3v) is 0.768. The van der Waals surface area contributed by atoms with Crippen molar-refractivity contribution < 1.29 is 0 Å². The van der Waals surface area contributed by atoms with Crippen molar-refractivity contribution in [3.8, 4) is 0 Å². The van der Waals surface area contributed by atoms with Crippen LogP contribution < -0.4 is 0 Å². The molecule has 0 aromatic carbocycles. The molecule has 1 heterocycles. The topological polar surface area (TPSA) is 42.3 Å². The Morgan fingerprint density at radius 2 is 2.00 bits per heavy atom. The van der Waals surface area contributed by atoms with E-state index in [4.69, 9.17) is 0 Å². The summed E-state index contributed by atoms with van der Waals surface area (Å²) in [7, 11) is 0. The Morgan fingerprint density at radius 3 is 2.38 bits per heavy atom. The number of nitrogens with zero attached hydrogens (tertiary/aromatic N) is 2. The first-order chi connectivity index (χ1) is 3.93. The maximum absolute atomic E-state index is 9.73. The summed E-state index contributed by atoms with van der Waals surface area (Å²) in [5.74, 6) is 0. The highest BCUT2D eigenvalue weighted by molar-refractivity contribution is 5.32. The smallest absolute Gasteiger partial charge is 0.111 e. The van der Waals surface area contributed by atoms with Crippen LogP contribution in [0.5, 0.6) is 0 Å². The van der Waals surface area contributed by atoms with Crippen LogP contribution in [0.4, 0.5) is 5.69 Å². The molecule has 0 bridgehead atoms. The maximum atomic E-state index is 9.73. The van der Waals surface area contributed by atoms with Crippen LogP contribution in [0, 0.1) is 4.91 Å². The third-order valence-electron chi connectivity index (χ3n) is 0.768. The Morgan fingerprint density at radius 1 is 1.38 bits per heavy atom. The van der Waals surface area contributed by atoms with Gasteiger partial charge in [0.25, 0.3) is 0 Å². The molecule has 8 heavy (non-hydrogen) atoms. The van der Waals surface area contributed by atoms with E-state index in [1.54, 1.807) is 12.1 Å². The zero-order valence-electron chi connectivity index (χ0n) is 4.11. The van der Waals surface area contributed by atoms with Crippen LogP contribution in [-0.4, -0.2) is 4.98 Å². The molecule has 0 N–H and O–H groups in total. The molecule has 0 radical (unpaired) electrons. The van der Waals surface area contributed by atoms with Crippen molar-refractivity contribution in [2.24, 2.45) is 5.18 Å².